The molecular formula is C21H30N4O3. The number of aliphatic hydroxyl groups is 1. The molecule has 7 nitrogen and oxygen atoms in total. The highest BCUT2D eigenvalue weighted by Gasteiger charge is 2.55. The van der Waals surface area contributed by atoms with Crippen LogP contribution in [-0.2, 0) is 9.59 Å². The van der Waals surface area contributed by atoms with Crippen LogP contribution in [0.3, 0.4) is 0 Å². The summed E-state index contributed by atoms with van der Waals surface area (Å²) in [5, 5.41) is 12.3. The lowest BCUT2D eigenvalue weighted by Crippen LogP contribution is -2.59. The van der Waals surface area contributed by atoms with Gasteiger partial charge in [-0.2, -0.15) is 0 Å². The Morgan fingerprint density at radius 1 is 1.29 bits per heavy atom. The van der Waals surface area contributed by atoms with Gasteiger partial charge in [-0.1, -0.05) is 6.92 Å². The highest BCUT2D eigenvalue weighted by atomic mass is 16.3. The second kappa shape index (κ2) is 7.03. The summed E-state index contributed by atoms with van der Waals surface area (Å²) < 4.78 is 0. The summed E-state index contributed by atoms with van der Waals surface area (Å²) in [4.78, 5) is 31.4. The number of nitrogens with zero attached hydrogens (tertiary/aromatic N) is 2. The summed E-state index contributed by atoms with van der Waals surface area (Å²) >= 11 is 0. The predicted molar refractivity (Wildman–Crippen MR) is 106 cm³/mol. The van der Waals surface area contributed by atoms with Crippen LogP contribution in [0.1, 0.15) is 51.0 Å². The molecule has 0 aromatic carbocycles. The van der Waals surface area contributed by atoms with E-state index < -0.39 is 11.8 Å². The van der Waals surface area contributed by atoms with Crippen molar-refractivity contribution in [3.63, 3.8) is 0 Å². The van der Waals surface area contributed by atoms with Crippen LogP contribution in [-0.4, -0.2) is 45.5 Å². The molecule has 0 radical (unpaired) electrons. The third-order valence-electron chi connectivity index (χ3n) is 6.97. The highest BCUT2D eigenvalue weighted by molar-refractivity contribution is 6.39. The van der Waals surface area contributed by atoms with Crippen molar-refractivity contribution in [3.05, 3.63) is 17.8 Å². The molecular weight excluding hydrogens is 356 g/mol. The van der Waals surface area contributed by atoms with Gasteiger partial charge >= 0.3 is 11.8 Å². The average Bonchev–Trinajstić information content (AvgIpc) is 2.59. The minimum Gasteiger partial charge on any atom is -0.393 e. The lowest BCUT2D eigenvalue weighted by Gasteiger charge is -2.60. The maximum atomic E-state index is 13.0. The molecule has 3 aliphatic rings. The van der Waals surface area contributed by atoms with E-state index in [9.17, 15) is 14.7 Å². The largest absolute Gasteiger partial charge is 0.393 e. The van der Waals surface area contributed by atoms with Crippen LogP contribution < -0.4 is 11.1 Å². The second-order valence-electron chi connectivity index (χ2n) is 9.32. The van der Waals surface area contributed by atoms with Crippen molar-refractivity contribution < 1.29 is 14.7 Å². The van der Waals surface area contributed by atoms with Gasteiger partial charge in [-0.15, -0.1) is 0 Å². The Morgan fingerprint density at radius 3 is 2.64 bits per heavy atom. The number of likely N-dealkylation sites (tertiary alicyclic amines) is 1. The minimum absolute atomic E-state index is 0.129. The van der Waals surface area contributed by atoms with E-state index in [0.717, 1.165) is 44.1 Å². The van der Waals surface area contributed by atoms with Crippen LogP contribution in [0.2, 0.25) is 0 Å². The molecule has 2 saturated carbocycles. The van der Waals surface area contributed by atoms with E-state index in [0.29, 0.717) is 35.3 Å². The van der Waals surface area contributed by atoms with Gasteiger partial charge in [0, 0.05) is 12.6 Å². The van der Waals surface area contributed by atoms with Gasteiger partial charge in [-0.25, -0.2) is 4.98 Å². The molecule has 2 aliphatic carbocycles. The van der Waals surface area contributed by atoms with Crippen LogP contribution >= 0.6 is 0 Å². The zero-order valence-electron chi connectivity index (χ0n) is 16.6. The van der Waals surface area contributed by atoms with Crippen LogP contribution in [0, 0.1) is 24.2 Å². The van der Waals surface area contributed by atoms with Gasteiger partial charge in [0.25, 0.3) is 0 Å². The number of piperidine rings is 1. The second-order valence-corrected chi connectivity index (χ2v) is 9.32. The number of hydrogen-bond acceptors (Lipinski definition) is 5. The van der Waals surface area contributed by atoms with Gasteiger partial charge < -0.3 is 21.1 Å². The number of amides is 2. The minimum atomic E-state index is -0.613. The first-order chi connectivity index (χ1) is 13.3. The first kappa shape index (κ1) is 19.2. The number of nitrogens with one attached hydrogen (secondary N) is 1. The molecule has 4 N–H and O–H groups in total. The molecule has 2 atom stereocenters. The van der Waals surface area contributed by atoms with Crippen LogP contribution in [0.5, 0.6) is 0 Å². The molecule has 1 spiro atoms. The zero-order valence-corrected chi connectivity index (χ0v) is 16.6. The first-order valence-corrected chi connectivity index (χ1v) is 10.3. The molecule has 2 heterocycles. The zero-order chi connectivity index (χ0) is 20.1. The number of pyridine rings is 1. The topological polar surface area (TPSA) is 109 Å². The van der Waals surface area contributed by atoms with E-state index in [1.165, 1.54) is 6.20 Å². The molecule has 0 unspecified atom stereocenters. The van der Waals surface area contributed by atoms with Gasteiger partial charge in [0.2, 0.25) is 0 Å². The van der Waals surface area contributed by atoms with Crippen molar-refractivity contribution in [2.45, 2.75) is 64.5 Å². The number of aromatic nitrogens is 1. The molecule has 1 saturated heterocycles. The molecule has 1 aromatic rings. The number of nitrogen functional groups attached to an aromatic ring is 1. The lowest BCUT2D eigenvalue weighted by molar-refractivity contribution is -0.157. The van der Waals surface area contributed by atoms with E-state index >= 15 is 0 Å². The van der Waals surface area contributed by atoms with Gasteiger partial charge in [0.15, 0.2) is 0 Å². The molecule has 1 aliphatic heterocycles. The third kappa shape index (κ3) is 3.48. The van der Waals surface area contributed by atoms with Gasteiger partial charge in [0.05, 0.1) is 18.0 Å². The molecule has 4 rings (SSSR count). The summed E-state index contributed by atoms with van der Waals surface area (Å²) in [6.07, 6.45) is 7.28. The van der Waals surface area contributed by atoms with Crippen LogP contribution in [0.15, 0.2) is 12.3 Å². The van der Waals surface area contributed by atoms with Crippen molar-refractivity contribution in [1.82, 2.24) is 9.88 Å². The number of hydrogen-bond donors (Lipinski definition) is 3. The number of carbonyl (C=O) groups excluding carboxylic acids is 2. The molecule has 28 heavy (non-hydrogen) atoms. The first-order valence-electron chi connectivity index (χ1n) is 10.3. The van der Waals surface area contributed by atoms with E-state index in [1.807, 2.05) is 6.92 Å². The van der Waals surface area contributed by atoms with E-state index in [2.05, 4.69) is 17.2 Å². The van der Waals surface area contributed by atoms with Gasteiger partial charge in [0.1, 0.15) is 5.82 Å². The number of aryl methyl sites for hydroxylation is 1. The molecule has 7 heteroatoms. The molecule has 2 amide bonds. The predicted octanol–water partition coefficient (Wildman–Crippen LogP) is 2.09. The van der Waals surface area contributed by atoms with E-state index in [1.54, 1.807) is 11.0 Å². The monoisotopic (exact) mass is 386 g/mol. The van der Waals surface area contributed by atoms with Gasteiger partial charge in [-0.05, 0) is 74.3 Å². The summed E-state index contributed by atoms with van der Waals surface area (Å²) in [6.45, 7) is 4.57. The average molecular weight is 386 g/mol. The maximum absolute atomic E-state index is 13.0. The smallest absolute Gasteiger partial charge is 0.313 e. The fourth-order valence-electron chi connectivity index (χ4n) is 5.46. The normalized spacial score (nSPS) is 34.5. The van der Waals surface area contributed by atoms with Crippen molar-refractivity contribution in [3.8, 4) is 0 Å². The fraction of sp³-hybridized carbons (Fsp3) is 0.667. The number of aliphatic hydroxyl groups excluding tert-OH is 1. The summed E-state index contributed by atoms with van der Waals surface area (Å²) in [7, 11) is 0. The maximum Gasteiger partial charge on any atom is 0.313 e. The van der Waals surface area contributed by atoms with Gasteiger partial charge in [-0.3, -0.25) is 9.59 Å². The fourth-order valence-corrected chi connectivity index (χ4v) is 5.46. The van der Waals surface area contributed by atoms with E-state index in [4.69, 9.17) is 5.73 Å². The molecule has 1 aromatic heterocycles. The van der Waals surface area contributed by atoms with E-state index in [-0.39, 0.29) is 12.1 Å². The Morgan fingerprint density at radius 2 is 2.00 bits per heavy atom. The van der Waals surface area contributed by atoms with Crippen LogP contribution in [0.4, 0.5) is 11.5 Å². The third-order valence-corrected chi connectivity index (χ3v) is 6.97. The SMILES string of the molecule is Cc1cc(NC(=O)C(=O)N2C[C@@H](C)CC[C@H]2C2CC3(CC(O)C3)C2)cnc1N. The Hall–Kier alpha value is -2.15. The number of anilines is 2. The Bertz CT molecular complexity index is 782. The van der Waals surface area contributed by atoms with Crippen LogP contribution in [0.25, 0.3) is 0 Å². The Kier molecular flexibility index (Phi) is 4.81. The number of rotatable bonds is 2. The highest BCUT2D eigenvalue weighted by Crippen LogP contribution is 2.60. The molecule has 3 fully saturated rings. The Labute approximate surface area is 165 Å². The quantitative estimate of drug-likeness (QED) is 0.675. The summed E-state index contributed by atoms with van der Waals surface area (Å²) in [5.74, 6) is 0.179. The number of nitrogens with two attached hydrogens (primary N) is 1. The lowest BCUT2D eigenvalue weighted by atomic mass is 9.49. The van der Waals surface area contributed by atoms with Crippen molar-refractivity contribution in [1.29, 1.82) is 0 Å². The summed E-state index contributed by atoms with van der Waals surface area (Å²) in [6, 6.07) is 1.85. The van der Waals surface area contributed by atoms with Crippen molar-refractivity contribution >= 4 is 23.3 Å². The summed E-state index contributed by atoms with van der Waals surface area (Å²) in [5.41, 5.74) is 7.26. The molecule has 0 bridgehead atoms. The van der Waals surface area contributed by atoms with Crippen molar-refractivity contribution in [2.75, 3.05) is 17.6 Å². The Balaban J connectivity index is 1.42. The number of carbonyl (C=O) groups is 2. The standard InChI is InChI=1S/C21H30N4O3/c1-12-3-4-17(14-6-21(7-14)8-16(26)9-21)25(11-12)20(28)19(27)24-15-5-13(2)18(22)23-10-15/h5,10,12,14,16-17,26H,3-4,6-9,11H2,1-2H3,(H2,22,23)(H,24,27)/t12-,14?,16?,17-,21?/m0/s1. The van der Waals surface area contributed by atoms with Crippen molar-refractivity contribution in [2.24, 2.45) is 17.3 Å². The molecule has 152 valence electrons.